The van der Waals surface area contributed by atoms with Crippen LogP contribution < -0.4 is 19.5 Å². The number of halogens is 3. The topological polar surface area (TPSA) is 264 Å². The van der Waals surface area contributed by atoms with Crippen molar-refractivity contribution in [3.8, 4) is 51.4 Å². The summed E-state index contributed by atoms with van der Waals surface area (Å²) < 4.78 is 61.2. The van der Waals surface area contributed by atoms with Crippen molar-refractivity contribution < 1.29 is 71.7 Å². The zero-order chi connectivity index (χ0) is 75.4. The summed E-state index contributed by atoms with van der Waals surface area (Å²) in [5.74, 6) is 3.55. The van der Waals surface area contributed by atoms with E-state index in [4.69, 9.17) is 41.9 Å². The Bertz CT molecular complexity index is 4960. The molecule has 0 radical (unpaired) electrons. The van der Waals surface area contributed by atoms with E-state index in [1.54, 1.807) is 36.4 Å². The summed E-state index contributed by atoms with van der Waals surface area (Å²) in [6.45, 7) is 23.4. The molecule has 552 valence electrons. The van der Waals surface area contributed by atoms with Crippen molar-refractivity contribution in [1.82, 2.24) is 4.98 Å². The number of fused-ring (bicyclic) bond motifs is 3. The Kier molecular flexibility index (Phi) is 29.2. The molecule has 0 amide bonds. The maximum absolute atomic E-state index is 11.5. The quantitative estimate of drug-likeness (QED) is 0.0232. The van der Waals surface area contributed by atoms with Gasteiger partial charge in [-0.1, -0.05) is 137 Å². The second-order valence-corrected chi connectivity index (χ2v) is 34.2. The lowest BCUT2D eigenvalue weighted by Crippen LogP contribution is -2.02. The Hall–Kier alpha value is -7.92. The lowest BCUT2D eigenvalue weighted by Gasteiger charge is -2.16. The molecule has 0 saturated heterocycles. The monoisotopic (exact) mass is 1570 g/mol. The van der Waals surface area contributed by atoms with Gasteiger partial charge in [0.25, 0.3) is 0 Å². The number of ether oxygens (including phenoxy) is 3. The smallest absolute Gasteiger partial charge is 0.472 e. The molecule has 17 nitrogen and oxygen atoms in total. The molecule has 0 bridgehead atoms. The van der Waals surface area contributed by atoms with Crippen LogP contribution >= 0.6 is 61.7 Å². The van der Waals surface area contributed by atoms with Crippen LogP contribution in [-0.2, 0) is 47.0 Å². The van der Waals surface area contributed by atoms with Crippen LogP contribution in [0, 0.1) is 41.5 Å². The molecule has 104 heavy (non-hydrogen) atoms. The first kappa shape index (κ1) is 83.4. The minimum Gasteiger partial charge on any atom is -0.508 e. The standard InChI is InChI=1S/C22H25NO2.C20H20BrO4P.C20H27O5P.C18H16Cl2NO4P.CH4/c1-14(2)21-13-23-22-6-5-17(12-20(21)22)11-19-15(3)9-18(10-16(19)4)25-8-7-24;1-12-9-14(25-11-26(3,23)24)10-13(2)19(12)16-5-4-6-17-15(16)7-8-18(22)20(17)21;1-13(2)18-10-16(6-7-20(18)21)11-19-14(3)8-17(9-15(19)4)12-25-26(22,23)24-5;1-26(23,24)10-21-11-8-14(19)18(15(20)9-11)25-17-7-6-16(22)12-4-2-3-5-13(12)17;/h5-7,9-10,12-14,23H,8,11H2,1-4H3;4-10,22H,11H2,1-3H3,(H,23,24);6-10,13,21H,11-12H2,1-5H3,(H,22,23);2-9,21-22H,10H2,1H3,(H,23,24);1H4. The van der Waals surface area contributed by atoms with Crippen LogP contribution in [0.25, 0.3) is 43.6 Å². The Morgan fingerprint density at radius 1 is 0.567 bits per heavy atom. The highest BCUT2D eigenvalue weighted by molar-refractivity contribution is 9.10. The van der Waals surface area contributed by atoms with Gasteiger partial charge in [-0.05, 0) is 244 Å². The van der Waals surface area contributed by atoms with Gasteiger partial charge in [0.2, 0.25) is 14.7 Å². The Balaban J connectivity index is 0.000000193. The number of aromatic amines is 1. The van der Waals surface area contributed by atoms with E-state index in [-0.39, 0.29) is 66.5 Å². The molecule has 3 unspecified atom stereocenters. The number of aromatic hydroxyl groups is 3. The van der Waals surface area contributed by atoms with Crippen LogP contribution in [0.2, 0.25) is 10.0 Å². The maximum atomic E-state index is 11.5. The summed E-state index contributed by atoms with van der Waals surface area (Å²) in [5.41, 5.74) is 18.6. The van der Waals surface area contributed by atoms with Crippen LogP contribution in [0.1, 0.15) is 119 Å². The fourth-order valence-corrected chi connectivity index (χ4v) is 14.4. The number of carbonyl (C=O) groups excluding carboxylic acids is 1. The predicted octanol–water partition coefficient (Wildman–Crippen LogP) is 22.4. The minimum absolute atomic E-state index is 0. The second-order valence-electron chi connectivity index (χ2n) is 26.3. The number of aldehydes is 1. The van der Waals surface area contributed by atoms with Crippen molar-refractivity contribution in [2.75, 3.05) is 45.0 Å². The van der Waals surface area contributed by atoms with E-state index in [0.717, 1.165) is 92.8 Å². The highest BCUT2D eigenvalue weighted by atomic mass is 79.9. The lowest BCUT2D eigenvalue weighted by atomic mass is 9.91. The van der Waals surface area contributed by atoms with Gasteiger partial charge in [-0.25, -0.2) is 4.57 Å². The van der Waals surface area contributed by atoms with Crippen LogP contribution in [0.3, 0.4) is 0 Å². The van der Waals surface area contributed by atoms with Crippen molar-refractivity contribution in [3.05, 3.63) is 245 Å². The number of phenolic OH excluding ortho intramolecular Hbond substituents is 3. The molecule has 11 rings (SSSR count). The molecule has 0 spiro atoms. The molecular formula is C81H92BrCl2N2O15P3. The number of hydrogen-bond donors (Lipinski definition) is 8. The number of phosphoric acid groups is 1. The summed E-state index contributed by atoms with van der Waals surface area (Å²) in [6.07, 6.45) is 4.25. The molecule has 10 aromatic carbocycles. The van der Waals surface area contributed by atoms with Gasteiger partial charge in [0.1, 0.15) is 41.1 Å². The number of hydrogen-bond acceptors (Lipinski definition) is 13. The van der Waals surface area contributed by atoms with Gasteiger partial charge in [-0.15, -0.1) is 0 Å². The zero-order valence-electron chi connectivity index (χ0n) is 59.8. The first-order valence-corrected chi connectivity index (χ1v) is 40.7. The molecule has 0 fully saturated rings. The maximum Gasteiger partial charge on any atom is 0.472 e. The van der Waals surface area contributed by atoms with E-state index < -0.39 is 22.6 Å². The number of rotatable bonds is 22. The summed E-state index contributed by atoms with van der Waals surface area (Å²) in [5, 5.41) is 37.9. The van der Waals surface area contributed by atoms with Crippen LogP contribution in [0.15, 0.2) is 162 Å². The average Bonchev–Trinajstić information content (AvgIpc) is 0.890. The molecule has 1 heterocycles. The molecule has 3 atom stereocenters. The first-order valence-electron chi connectivity index (χ1n) is 33.1. The van der Waals surface area contributed by atoms with Gasteiger partial charge in [0.05, 0.1) is 27.4 Å². The molecule has 0 aliphatic carbocycles. The number of carbonyl (C=O) groups is 1. The van der Waals surface area contributed by atoms with Gasteiger partial charge in [0, 0.05) is 59.4 Å². The summed E-state index contributed by atoms with van der Waals surface area (Å²) in [7, 11) is -9.27. The average molecular weight is 1580 g/mol. The number of nitrogens with one attached hydrogen (secondary N) is 2. The molecule has 8 N–H and O–H groups in total. The van der Waals surface area contributed by atoms with Crippen molar-refractivity contribution in [2.45, 2.75) is 108 Å². The van der Waals surface area contributed by atoms with Crippen molar-refractivity contribution in [3.63, 3.8) is 0 Å². The Labute approximate surface area is 627 Å². The Morgan fingerprint density at radius 3 is 1.68 bits per heavy atom. The number of phenols is 3. The number of H-pyrrole nitrogens is 1. The molecule has 23 heteroatoms. The van der Waals surface area contributed by atoms with Crippen LogP contribution in [0.4, 0.5) is 5.69 Å². The SMILES string of the molecule is C.COP(=O)(O)OCc1cc(C)c(Cc2ccc(O)c(C(C)C)c2)c(C)c1.CP(=O)(O)CNc1cc(Cl)c(Oc2ccc(O)c3ccccc23)c(Cl)c1.Cc1cc(OCC=O)cc(C)c1Cc1ccc2[nH]cc(C(C)C)c2c1.Cc1cc(OCP(C)(=O)O)cc(C)c1-c1cccc2c(Br)c(O)ccc12. The summed E-state index contributed by atoms with van der Waals surface area (Å²) in [6, 6.07) is 47.3. The fraction of sp³-hybridized carbons (Fsp3) is 0.272. The molecule has 0 saturated carbocycles. The number of benzene rings is 10. The van der Waals surface area contributed by atoms with E-state index in [9.17, 15) is 48.5 Å². The molecule has 0 aliphatic heterocycles. The first-order chi connectivity index (χ1) is 48.5. The molecule has 0 aliphatic rings. The largest absolute Gasteiger partial charge is 0.508 e. The summed E-state index contributed by atoms with van der Waals surface area (Å²) in [4.78, 5) is 42.0. The van der Waals surface area contributed by atoms with Gasteiger partial charge in [-0.2, -0.15) is 0 Å². The fourth-order valence-electron chi connectivity index (χ4n) is 12.1. The van der Waals surface area contributed by atoms with E-state index >= 15 is 0 Å². The van der Waals surface area contributed by atoms with Gasteiger partial charge in [-0.3, -0.25) is 23.0 Å². The van der Waals surface area contributed by atoms with E-state index in [1.807, 2.05) is 107 Å². The minimum atomic E-state index is -3.98. The molecule has 1 aromatic heterocycles. The molecule has 11 aromatic rings. The van der Waals surface area contributed by atoms with Crippen LogP contribution in [0.5, 0.6) is 40.2 Å². The Morgan fingerprint density at radius 2 is 1.11 bits per heavy atom. The van der Waals surface area contributed by atoms with Gasteiger partial charge >= 0.3 is 7.82 Å². The predicted molar refractivity (Wildman–Crippen MR) is 428 cm³/mol. The number of anilines is 1. The van der Waals surface area contributed by atoms with Crippen molar-refractivity contribution in [1.29, 1.82) is 0 Å². The number of phosphoric ester groups is 1. The highest BCUT2D eigenvalue weighted by Crippen LogP contribution is 2.46. The number of aromatic nitrogens is 1. The van der Waals surface area contributed by atoms with E-state index in [0.29, 0.717) is 44.1 Å². The van der Waals surface area contributed by atoms with Crippen molar-refractivity contribution in [2.24, 2.45) is 0 Å². The van der Waals surface area contributed by atoms with Crippen molar-refractivity contribution >= 4 is 106 Å². The second kappa shape index (κ2) is 36.4. The third-order valence-corrected chi connectivity index (χ3v) is 20.8. The van der Waals surface area contributed by atoms with Gasteiger partial charge in [0.15, 0.2) is 18.4 Å². The third-order valence-electron chi connectivity index (χ3n) is 17.1. The molecular weight excluding hydrogens is 1480 g/mol. The lowest BCUT2D eigenvalue weighted by molar-refractivity contribution is -0.109. The van der Waals surface area contributed by atoms with E-state index in [2.05, 4.69) is 109 Å². The van der Waals surface area contributed by atoms with Crippen LogP contribution in [-0.4, -0.2) is 81.0 Å². The normalized spacial score (nSPS) is 12.9. The summed E-state index contributed by atoms with van der Waals surface area (Å²) >= 11 is 16.0. The third kappa shape index (κ3) is 22.3. The highest BCUT2D eigenvalue weighted by Gasteiger charge is 2.22. The zero-order valence-corrected chi connectivity index (χ0v) is 65.6. The van der Waals surface area contributed by atoms with Gasteiger partial charge < -0.3 is 54.5 Å². The number of aryl methyl sites for hydroxylation is 6. The van der Waals surface area contributed by atoms with E-state index in [1.165, 1.54) is 63.7 Å².